The molecule has 0 bridgehead atoms. The molecule has 9 heteroatoms. The second-order valence-electron chi connectivity index (χ2n) is 10.3. The van der Waals surface area contributed by atoms with Crippen molar-refractivity contribution in [1.29, 1.82) is 0 Å². The van der Waals surface area contributed by atoms with Gasteiger partial charge in [-0.15, -0.1) is 0 Å². The molecule has 9 nitrogen and oxygen atoms in total. The number of methoxy groups -OCH3 is 1. The van der Waals surface area contributed by atoms with E-state index in [-0.39, 0.29) is 41.7 Å². The molecular formula is C30H37N3O6. The molecule has 2 amide bonds. The number of aromatic nitrogens is 1. The molecular weight excluding hydrogens is 498 g/mol. The van der Waals surface area contributed by atoms with E-state index in [9.17, 15) is 14.7 Å². The lowest BCUT2D eigenvalue weighted by atomic mass is 9.97. The third kappa shape index (κ3) is 6.88. The van der Waals surface area contributed by atoms with E-state index in [1.54, 1.807) is 36.2 Å². The van der Waals surface area contributed by atoms with Gasteiger partial charge < -0.3 is 29.1 Å². The van der Waals surface area contributed by atoms with Crippen LogP contribution in [0.1, 0.15) is 48.2 Å². The number of aliphatic hydroxyl groups is 1. The van der Waals surface area contributed by atoms with E-state index in [1.165, 1.54) is 0 Å². The minimum absolute atomic E-state index is 0.0591. The number of rotatable bonds is 6. The van der Waals surface area contributed by atoms with Crippen LogP contribution in [0.25, 0.3) is 0 Å². The van der Waals surface area contributed by atoms with Gasteiger partial charge in [-0.05, 0) is 44.0 Å². The van der Waals surface area contributed by atoms with Gasteiger partial charge in [0.2, 0.25) is 11.8 Å². The number of fused-ring (bicyclic) bond motifs is 1. The Bertz CT molecular complexity index is 1230. The van der Waals surface area contributed by atoms with Gasteiger partial charge in [-0.1, -0.05) is 24.8 Å². The Morgan fingerprint density at radius 2 is 2.00 bits per heavy atom. The summed E-state index contributed by atoms with van der Waals surface area (Å²) in [4.78, 5) is 34.6. The molecule has 39 heavy (non-hydrogen) atoms. The van der Waals surface area contributed by atoms with Crippen LogP contribution >= 0.6 is 0 Å². The maximum atomic E-state index is 13.6. The molecule has 1 aromatic heterocycles. The number of amides is 2. The monoisotopic (exact) mass is 535 g/mol. The van der Waals surface area contributed by atoms with Crippen LogP contribution in [-0.4, -0.2) is 90.9 Å². The standard InChI is InChI=1S/C30H37N3O6/c1-20-17-33(21(2)19-34)30(36)26-15-23(9-8-22-6-5-7-25(14-22)37-4)16-31-28(26)39-27(20)18-32(3)29(35)24-10-12-38-13-11-24/h5-7,14-16,20-21,24,27,34H,10-13,17-19H2,1-4H3/t20-,21+,27-/m1/s1. The highest BCUT2D eigenvalue weighted by Crippen LogP contribution is 2.28. The molecule has 1 N–H and O–H groups in total. The number of hydrogen-bond acceptors (Lipinski definition) is 7. The Kier molecular flexibility index (Phi) is 9.44. The van der Waals surface area contributed by atoms with E-state index in [1.807, 2.05) is 38.1 Å². The Labute approximate surface area is 230 Å². The van der Waals surface area contributed by atoms with Crippen LogP contribution in [0.15, 0.2) is 36.5 Å². The molecule has 1 aromatic carbocycles. The number of aliphatic hydroxyl groups excluding tert-OH is 1. The van der Waals surface area contributed by atoms with Gasteiger partial charge in [0.1, 0.15) is 17.4 Å². The molecule has 208 valence electrons. The number of carbonyl (C=O) groups excluding carboxylic acids is 2. The van der Waals surface area contributed by atoms with E-state index < -0.39 is 12.1 Å². The highest BCUT2D eigenvalue weighted by atomic mass is 16.5. The first-order valence-corrected chi connectivity index (χ1v) is 13.4. The summed E-state index contributed by atoms with van der Waals surface area (Å²) in [6.45, 7) is 5.52. The van der Waals surface area contributed by atoms with Crippen LogP contribution in [0, 0.1) is 23.7 Å². The molecule has 0 aliphatic carbocycles. The average Bonchev–Trinajstić information content (AvgIpc) is 2.97. The lowest BCUT2D eigenvalue weighted by Gasteiger charge is -2.38. The van der Waals surface area contributed by atoms with Crippen LogP contribution in [0.4, 0.5) is 0 Å². The van der Waals surface area contributed by atoms with Gasteiger partial charge in [0.25, 0.3) is 5.91 Å². The smallest absolute Gasteiger partial charge is 0.259 e. The van der Waals surface area contributed by atoms with Crippen molar-refractivity contribution in [2.75, 3.05) is 47.1 Å². The molecule has 4 rings (SSSR count). The third-order valence-corrected chi connectivity index (χ3v) is 7.34. The van der Waals surface area contributed by atoms with Crippen molar-refractivity contribution in [3.8, 4) is 23.5 Å². The number of pyridine rings is 1. The van der Waals surface area contributed by atoms with Gasteiger partial charge >= 0.3 is 0 Å². The zero-order chi connectivity index (χ0) is 27.9. The summed E-state index contributed by atoms with van der Waals surface area (Å²) in [5.41, 5.74) is 1.61. The first-order valence-electron chi connectivity index (χ1n) is 13.4. The summed E-state index contributed by atoms with van der Waals surface area (Å²) in [5.74, 6) is 6.69. The fourth-order valence-electron chi connectivity index (χ4n) is 4.85. The van der Waals surface area contributed by atoms with E-state index >= 15 is 0 Å². The maximum absolute atomic E-state index is 13.6. The van der Waals surface area contributed by atoms with Gasteiger partial charge in [-0.2, -0.15) is 0 Å². The summed E-state index contributed by atoms with van der Waals surface area (Å²) in [6.07, 6.45) is 2.61. The van der Waals surface area contributed by atoms with Crippen molar-refractivity contribution in [1.82, 2.24) is 14.8 Å². The van der Waals surface area contributed by atoms with E-state index in [0.717, 1.165) is 5.56 Å². The van der Waals surface area contributed by atoms with Crippen molar-refractivity contribution in [2.24, 2.45) is 11.8 Å². The summed E-state index contributed by atoms with van der Waals surface area (Å²) in [5, 5.41) is 9.90. The molecule has 2 aliphatic rings. The largest absolute Gasteiger partial charge is 0.497 e. The summed E-state index contributed by atoms with van der Waals surface area (Å²) < 4.78 is 17.0. The number of hydrogen-bond donors (Lipinski definition) is 1. The molecule has 0 spiro atoms. The van der Waals surface area contributed by atoms with Crippen LogP contribution in [0.3, 0.4) is 0 Å². The van der Waals surface area contributed by atoms with Crippen LogP contribution < -0.4 is 9.47 Å². The average molecular weight is 536 g/mol. The van der Waals surface area contributed by atoms with Crippen molar-refractivity contribution in [3.05, 3.63) is 53.2 Å². The summed E-state index contributed by atoms with van der Waals surface area (Å²) in [7, 11) is 3.39. The molecule has 3 atom stereocenters. The predicted octanol–water partition coefficient (Wildman–Crippen LogP) is 2.60. The topological polar surface area (TPSA) is 101 Å². The molecule has 1 fully saturated rings. The zero-order valence-corrected chi connectivity index (χ0v) is 23.1. The molecule has 0 radical (unpaired) electrons. The summed E-state index contributed by atoms with van der Waals surface area (Å²) >= 11 is 0. The number of benzene rings is 1. The van der Waals surface area contributed by atoms with Crippen molar-refractivity contribution in [2.45, 2.75) is 38.8 Å². The molecule has 2 aliphatic heterocycles. The van der Waals surface area contributed by atoms with Gasteiger partial charge in [0.05, 0.1) is 26.3 Å². The van der Waals surface area contributed by atoms with Gasteiger partial charge in [-0.25, -0.2) is 4.98 Å². The normalized spacial score (nSPS) is 20.4. The lowest BCUT2D eigenvalue weighted by molar-refractivity contribution is -0.138. The van der Waals surface area contributed by atoms with Crippen LogP contribution in [0.5, 0.6) is 11.6 Å². The Morgan fingerprint density at radius 1 is 1.26 bits per heavy atom. The number of likely N-dealkylation sites (N-methyl/N-ethyl adjacent to an activating group) is 1. The Morgan fingerprint density at radius 3 is 2.72 bits per heavy atom. The molecule has 0 saturated carbocycles. The van der Waals surface area contributed by atoms with Crippen LogP contribution in [0.2, 0.25) is 0 Å². The van der Waals surface area contributed by atoms with Crippen LogP contribution in [-0.2, 0) is 9.53 Å². The minimum Gasteiger partial charge on any atom is -0.497 e. The highest BCUT2D eigenvalue weighted by Gasteiger charge is 2.35. The van der Waals surface area contributed by atoms with Crippen molar-refractivity contribution < 1.29 is 28.9 Å². The number of nitrogens with zero attached hydrogens (tertiary/aromatic N) is 3. The fraction of sp³-hybridized carbons (Fsp3) is 0.500. The molecule has 1 saturated heterocycles. The first kappa shape index (κ1) is 28.4. The van der Waals surface area contributed by atoms with Gasteiger partial charge in [0.15, 0.2) is 0 Å². The van der Waals surface area contributed by atoms with E-state index in [0.29, 0.717) is 50.5 Å². The van der Waals surface area contributed by atoms with Crippen molar-refractivity contribution in [3.63, 3.8) is 0 Å². The molecule has 0 unspecified atom stereocenters. The molecule has 3 heterocycles. The van der Waals surface area contributed by atoms with Gasteiger partial charge in [-0.3, -0.25) is 9.59 Å². The maximum Gasteiger partial charge on any atom is 0.259 e. The fourth-order valence-corrected chi connectivity index (χ4v) is 4.85. The SMILES string of the molecule is COc1cccc(C#Cc2cnc3c(c2)C(=O)N([C@@H](C)CO)C[C@@H](C)[C@@H](CN(C)C(=O)C2CCOCC2)O3)c1. The predicted molar refractivity (Wildman–Crippen MR) is 146 cm³/mol. The Hall–Kier alpha value is -3.61. The minimum atomic E-state index is -0.403. The number of carbonyl (C=O) groups is 2. The second kappa shape index (κ2) is 13.0. The lowest BCUT2D eigenvalue weighted by Crippen LogP contribution is -2.51. The van der Waals surface area contributed by atoms with Gasteiger partial charge in [0, 0.05) is 56.0 Å². The van der Waals surface area contributed by atoms with E-state index in [4.69, 9.17) is 14.2 Å². The first-order chi connectivity index (χ1) is 18.8. The second-order valence-corrected chi connectivity index (χ2v) is 10.3. The Balaban J connectivity index is 1.62. The quantitative estimate of drug-likeness (QED) is 0.568. The molecule has 2 aromatic rings. The number of ether oxygens (including phenoxy) is 3. The zero-order valence-electron chi connectivity index (χ0n) is 23.1. The summed E-state index contributed by atoms with van der Waals surface area (Å²) in [6, 6.07) is 8.69. The van der Waals surface area contributed by atoms with E-state index in [2.05, 4.69) is 16.8 Å². The highest BCUT2D eigenvalue weighted by molar-refractivity contribution is 5.97. The third-order valence-electron chi connectivity index (χ3n) is 7.34. The van der Waals surface area contributed by atoms with Crippen molar-refractivity contribution >= 4 is 11.8 Å².